The number of benzene rings is 1. The molecule has 0 radical (unpaired) electrons. The molecule has 5 heteroatoms. The summed E-state index contributed by atoms with van der Waals surface area (Å²) >= 11 is 1.68. The highest BCUT2D eigenvalue weighted by Crippen LogP contribution is 2.27. The maximum atomic E-state index is 9.26. The maximum Gasteiger partial charge on any atom is 0.125 e. The minimum Gasteiger partial charge on any atom is -0.377 e. The lowest BCUT2D eigenvalue weighted by atomic mass is 10.2. The van der Waals surface area contributed by atoms with Gasteiger partial charge in [0, 0.05) is 17.3 Å². The Labute approximate surface area is 110 Å². The normalized spacial score (nSPS) is 10.0. The van der Waals surface area contributed by atoms with E-state index in [0.717, 1.165) is 22.2 Å². The summed E-state index contributed by atoms with van der Waals surface area (Å²) in [4.78, 5) is 8.18. The number of rotatable bonds is 5. The van der Waals surface area contributed by atoms with Gasteiger partial charge in [-0.15, -0.1) is 11.8 Å². The molecule has 0 aliphatic rings. The third-order valence-electron chi connectivity index (χ3n) is 2.44. The first-order valence-corrected chi connectivity index (χ1v) is 6.71. The van der Waals surface area contributed by atoms with E-state index in [1.807, 2.05) is 18.2 Å². The average Bonchev–Trinajstić information content (AvgIpc) is 2.90. The van der Waals surface area contributed by atoms with Gasteiger partial charge in [-0.3, -0.25) is 0 Å². The number of H-pyrrole nitrogens is 1. The molecule has 1 aromatic heterocycles. The van der Waals surface area contributed by atoms with Gasteiger partial charge in [0.2, 0.25) is 0 Å². The zero-order valence-electron chi connectivity index (χ0n) is 10.1. The first kappa shape index (κ1) is 12.5. The lowest BCUT2D eigenvalue weighted by molar-refractivity contribution is 0.997. The van der Waals surface area contributed by atoms with Crippen LogP contribution in [-0.4, -0.2) is 15.7 Å². The second-order valence-electron chi connectivity index (χ2n) is 3.61. The van der Waals surface area contributed by atoms with Gasteiger partial charge in [0.05, 0.1) is 17.8 Å². The summed E-state index contributed by atoms with van der Waals surface area (Å²) in [5.74, 6) is 1.81. The molecular weight excluding hydrogens is 244 g/mol. The van der Waals surface area contributed by atoms with E-state index in [0.29, 0.717) is 12.1 Å². The van der Waals surface area contributed by atoms with Gasteiger partial charge >= 0.3 is 0 Å². The zero-order chi connectivity index (χ0) is 12.8. The van der Waals surface area contributed by atoms with Gasteiger partial charge in [-0.05, 0) is 17.9 Å². The fraction of sp³-hybridized carbons (Fsp3) is 0.231. The van der Waals surface area contributed by atoms with Gasteiger partial charge in [0.15, 0.2) is 0 Å². The molecule has 0 aliphatic carbocycles. The van der Waals surface area contributed by atoms with Crippen LogP contribution in [0.5, 0.6) is 0 Å². The molecule has 0 fully saturated rings. The Balaban J connectivity index is 2.17. The van der Waals surface area contributed by atoms with Crippen LogP contribution in [0.4, 0.5) is 5.69 Å². The number of imidazole rings is 1. The highest BCUT2D eigenvalue weighted by molar-refractivity contribution is 7.99. The van der Waals surface area contributed by atoms with Crippen LogP contribution in [0.25, 0.3) is 0 Å². The van der Waals surface area contributed by atoms with E-state index in [2.05, 4.69) is 28.3 Å². The first-order chi connectivity index (χ1) is 8.85. The summed E-state index contributed by atoms with van der Waals surface area (Å²) in [6, 6.07) is 8.12. The van der Waals surface area contributed by atoms with Crippen LogP contribution in [0.2, 0.25) is 0 Å². The largest absolute Gasteiger partial charge is 0.377 e. The Hall–Kier alpha value is -1.93. The second kappa shape index (κ2) is 6.12. The Bertz CT molecular complexity index is 543. The Morgan fingerprint density at radius 3 is 3.06 bits per heavy atom. The Morgan fingerprint density at radius 2 is 2.39 bits per heavy atom. The summed E-state index contributed by atoms with van der Waals surface area (Å²) in [5, 5.41) is 12.5. The molecule has 1 aromatic carbocycles. The van der Waals surface area contributed by atoms with Gasteiger partial charge in [-0.2, -0.15) is 5.26 Å². The quantitative estimate of drug-likeness (QED) is 0.809. The van der Waals surface area contributed by atoms with Gasteiger partial charge in [-0.25, -0.2) is 4.98 Å². The van der Waals surface area contributed by atoms with E-state index < -0.39 is 0 Å². The molecule has 0 saturated carbocycles. The monoisotopic (exact) mass is 258 g/mol. The minimum atomic E-state index is 0.585. The van der Waals surface area contributed by atoms with Crippen LogP contribution in [0.3, 0.4) is 0 Å². The van der Waals surface area contributed by atoms with Crippen LogP contribution in [0.1, 0.15) is 18.3 Å². The van der Waals surface area contributed by atoms with E-state index in [1.54, 1.807) is 24.2 Å². The molecule has 0 amide bonds. The van der Waals surface area contributed by atoms with Crippen molar-refractivity contribution in [2.24, 2.45) is 0 Å². The van der Waals surface area contributed by atoms with Crippen LogP contribution >= 0.6 is 11.8 Å². The van der Waals surface area contributed by atoms with Crippen molar-refractivity contribution in [2.75, 3.05) is 11.1 Å². The summed E-state index contributed by atoms with van der Waals surface area (Å²) in [6.45, 7) is 2.66. The number of nitrogens with zero attached hydrogens (tertiary/aromatic N) is 2. The summed E-state index contributed by atoms with van der Waals surface area (Å²) in [6.07, 6.45) is 3.50. The first-order valence-electron chi connectivity index (χ1n) is 5.73. The smallest absolute Gasteiger partial charge is 0.125 e. The van der Waals surface area contributed by atoms with Crippen molar-refractivity contribution in [3.05, 3.63) is 42.0 Å². The van der Waals surface area contributed by atoms with Crippen molar-refractivity contribution in [1.29, 1.82) is 5.26 Å². The summed E-state index contributed by atoms with van der Waals surface area (Å²) in [5.41, 5.74) is 1.56. The van der Waals surface area contributed by atoms with Crippen molar-refractivity contribution < 1.29 is 0 Å². The number of aromatic amines is 1. The number of hydrogen-bond donors (Lipinski definition) is 2. The molecule has 92 valence electrons. The molecular formula is C13H14N4S. The molecule has 0 aliphatic heterocycles. The van der Waals surface area contributed by atoms with Crippen molar-refractivity contribution in [3.63, 3.8) is 0 Å². The topological polar surface area (TPSA) is 64.5 Å². The lowest BCUT2D eigenvalue weighted by Gasteiger charge is -2.09. The SMILES string of the molecule is CCSc1cccc(NCc2ncc[nH]2)c1C#N. The third-order valence-corrected chi connectivity index (χ3v) is 3.38. The predicted molar refractivity (Wildman–Crippen MR) is 73.5 cm³/mol. The molecule has 0 atom stereocenters. The third kappa shape index (κ3) is 2.84. The minimum absolute atomic E-state index is 0.585. The van der Waals surface area contributed by atoms with E-state index >= 15 is 0 Å². The number of hydrogen-bond acceptors (Lipinski definition) is 4. The van der Waals surface area contributed by atoms with Gasteiger partial charge in [0.25, 0.3) is 0 Å². The van der Waals surface area contributed by atoms with Gasteiger partial charge < -0.3 is 10.3 Å². The molecule has 2 aromatic rings. The predicted octanol–water partition coefficient (Wildman–Crippen LogP) is 3.01. The molecule has 4 nitrogen and oxygen atoms in total. The molecule has 18 heavy (non-hydrogen) atoms. The molecule has 2 rings (SSSR count). The molecule has 0 spiro atoms. The van der Waals surface area contributed by atoms with Crippen LogP contribution in [0.15, 0.2) is 35.5 Å². The fourth-order valence-electron chi connectivity index (χ4n) is 1.64. The zero-order valence-corrected chi connectivity index (χ0v) is 10.9. The second-order valence-corrected chi connectivity index (χ2v) is 4.92. The maximum absolute atomic E-state index is 9.26. The van der Waals surface area contributed by atoms with E-state index in [9.17, 15) is 5.26 Å². The molecule has 2 N–H and O–H groups in total. The average molecular weight is 258 g/mol. The molecule has 0 bridgehead atoms. The van der Waals surface area contributed by atoms with E-state index in [-0.39, 0.29) is 0 Å². The lowest BCUT2D eigenvalue weighted by Crippen LogP contribution is -2.03. The number of aromatic nitrogens is 2. The highest BCUT2D eigenvalue weighted by atomic mass is 32.2. The number of anilines is 1. The molecule has 0 saturated heterocycles. The van der Waals surface area contributed by atoms with Gasteiger partial charge in [-0.1, -0.05) is 13.0 Å². The van der Waals surface area contributed by atoms with Crippen LogP contribution in [-0.2, 0) is 6.54 Å². The summed E-state index contributed by atoms with van der Waals surface area (Å²) < 4.78 is 0. The van der Waals surface area contributed by atoms with Crippen LogP contribution < -0.4 is 5.32 Å². The van der Waals surface area contributed by atoms with Crippen molar-refractivity contribution in [3.8, 4) is 6.07 Å². The highest BCUT2D eigenvalue weighted by Gasteiger charge is 2.07. The Kier molecular flexibility index (Phi) is 4.26. The fourth-order valence-corrected chi connectivity index (χ4v) is 2.43. The van der Waals surface area contributed by atoms with Crippen molar-refractivity contribution in [1.82, 2.24) is 9.97 Å². The van der Waals surface area contributed by atoms with Crippen molar-refractivity contribution >= 4 is 17.4 Å². The standard InChI is InChI=1S/C13H14N4S/c1-2-18-12-5-3-4-11(10(12)8-14)17-9-13-15-6-7-16-13/h3-7,17H,2,9H2,1H3,(H,15,16). The molecule has 0 unspecified atom stereocenters. The van der Waals surface area contributed by atoms with E-state index in [1.165, 1.54) is 0 Å². The summed E-state index contributed by atoms with van der Waals surface area (Å²) in [7, 11) is 0. The van der Waals surface area contributed by atoms with E-state index in [4.69, 9.17) is 0 Å². The number of thioether (sulfide) groups is 1. The van der Waals surface area contributed by atoms with Crippen LogP contribution in [0, 0.1) is 11.3 Å². The number of nitriles is 1. The van der Waals surface area contributed by atoms with Gasteiger partial charge in [0.1, 0.15) is 11.9 Å². The van der Waals surface area contributed by atoms with Crippen molar-refractivity contribution in [2.45, 2.75) is 18.4 Å². The number of nitrogens with one attached hydrogen (secondary N) is 2. The Morgan fingerprint density at radius 1 is 1.50 bits per heavy atom. The molecule has 1 heterocycles.